The highest BCUT2D eigenvalue weighted by molar-refractivity contribution is 6.30. The molecule has 0 saturated carbocycles. The molecule has 0 radical (unpaired) electrons. The van der Waals surface area contributed by atoms with Crippen molar-refractivity contribution in [3.8, 4) is 0 Å². The van der Waals surface area contributed by atoms with Gasteiger partial charge >= 0.3 is 6.03 Å². The molecule has 2 aromatic rings. The number of hydrogen-bond acceptors (Lipinski definition) is 3. The van der Waals surface area contributed by atoms with Crippen molar-refractivity contribution in [3.63, 3.8) is 0 Å². The summed E-state index contributed by atoms with van der Waals surface area (Å²) in [7, 11) is 0. The van der Waals surface area contributed by atoms with E-state index in [0.29, 0.717) is 35.9 Å². The third-order valence-electron chi connectivity index (χ3n) is 4.89. The fourth-order valence-corrected chi connectivity index (χ4v) is 3.85. The van der Waals surface area contributed by atoms with Gasteiger partial charge in [0.15, 0.2) is 0 Å². The van der Waals surface area contributed by atoms with Crippen LogP contribution in [0.25, 0.3) is 0 Å². The molecule has 0 spiro atoms. The van der Waals surface area contributed by atoms with E-state index in [-0.39, 0.29) is 11.9 Å². The van der Waals surface area contributed by atoms with Crippen molar-refractivity contribution in [2.75, 3.05) is 13.1 Å². The molecular formula is C21H19ClN4O2. The van der Waals surface area contributed by atoms with Gasteiger partial charge in [0.05, 0.1) is 23.9 Å². The zero-order valence-corrected chi connectivity index (χ0v) is 15.9. The summed E-state index contributed by atoms with van der Waals surface area (Å²) in [5, 5.41) is 3.50. The number of amides is 3. The number of pyridine rings is 1. The first kappa shape index (κ1) is 18.3. The minimum Gasteiger partial charge on any atom is -0.329 e. The first-order valence-corrected chi connectivity index (χ1v) is 9.32. The Bertz CT molecular complexity index is 973. The molecule has 4 rings (SSSR count). The second-order valence-electron chi connectivity index (χ2n) is 6.72. The lowest BCUT2D eigenvalue weighted by Crippen LogP contribution is -2.47. The van der Waals surface area contributed by atoms with E-state index in [9.17, 15) is 9.59 Å². The fourth-order valence-electron chi connectivity index (χ4n) is 3.65. The van der Waals surface area contributed by atoms with Gasteiger partial charge in [0.1, 0.15) is 0 Å². The van der Waals surface area contributed by atoms with E-state index in [1.807, 2.05) is 24.3 Å². The highest BCUT2D eigenvalue weighted by Crippen LogP contribution is 2.37. The van der Waals surface area contributed by atoms with Crippen LogP contribution in [0.3, 0.4) is 0 Å². The lowest BCUT2D eigenvalue weighted by molar-refractivity contribution is -0.126. The molecule has 2 aliphatic rings. The molecule has 2 aliphatic heterocycles. The van der Waals surface area contributed by atoms with Crippen LogP contribution in [0, 0.1) is 0 Å². The summed E-state index contributed by atoms with van der Waals surface area (Å²) in [6.45, 7) is 4.85. The molecule has 142 valence electrons. The Balaban J connectivity index is 1.72. The Morgan fingerprint density at radius 1 is 1.29 bits per heavy atom. The highest BCUT2D eigenvalue weighted by Gasteiger charge is 2.43. The third-order valence-corrected chi connectivity index (χ3v) is 5.12. The van der Waals surface area contributed by atoms with Gasteiger partial charge in [-0.05, 0) is 29.3 Å². The molecule has 1 N–H and O–H groups in total. The van der Waals surface area contributed by atoms with Crippen LogP contribution >= 0.6 is 11.6 Å². The van der Waals surface area contributed by atoms with Crippen LogP contribution in [0.2, 0.25) is 5.02 Å². The Morgan fingerprint density at radius 2 is 2.14 bits per heavy atom. The van der Waals surface area contributed by atoms with Crippen LogP contribution in [0.5, 0.6) is 0 Å². The quantitative estimate of drug-likeness (QED) is 0.791. The summed E-state index contributed by atoms with van der Waals surface area (Å²) in [5.41, 5.74) is 3.00. The van der Waals surface area contributed by atoms with Gasteiger partial charge in [0.25, 0.3) is 5.91 Å². The van der Waals surface area contributed by atoms with Crippen LogP contribution < -0.4 is 5.32 Å². The van der Waals surface area contributed by atoms with Crippen LogP contribution in [0.4, 0.5) is 4.79 Å². The first-order chi connectivity index (χ1) is 13.6. The number of carbonyl (C=O) groups is 2. The van der Waals surface area contributed by atoms with Gasteiger partial charge in [0, 0.05) is 30.5 Å². The van der Waals surface area contributed by atoms with Crippen molar-refractivity contribution in [3.05, 3.63) is 88.9 Å². The maximum atomic E-state index is 13.3. The normalized spacial score (nSPS) is 19.0. The second kappa shape index (κ2) is 7.48. The summed E-state index contributed by atoms with van der Waals surface area (Å²) >= 11 is 6.14. The summed E-state index contributed by atoms with van der Waals surface area (Å²) in [4.78, 5) is 33.4. The van der Waals surface area contributed by atoms with E-state index in [4.69, 9.17) is 11.6 Å². The van der Waals surface area contributed by atoms with E-state index >= 15 is 0 Å². The standard InChI is InChI=1S/C21H19ClN4O2/c1-2-9-26-17-13-25(12-14-5-4-8-23-11-14)20(27)18(17)19(24-21(26)28)15-6-3-7-16(22)10-15/h2-8,10-11,19H,1,9,12-13H2,(H,24,28)/t19-/m0/s1. The molecule has 6 nitrogen and oxygen atoms in total. The van der Waals surface area contributed by atoms with Crippen molar-refractivity contribution in [1.29, 1.82) is 0 Å². The first-order valence-electron chi connectivity index (χ1n) is 8.94. The van der Waals surface area contributed by atoms with Crippen molar-refractivity contribution in [2.24, 2.45) is 0 Å². The van der Waals surface area contributed by atoms with Crippen molar-refractivity contribution < 1.29 is 9.59 Å². The van der Waals surface area contributed by atoms with Crippen LogP contribution in [-0.4, -0.2) is 39.8 Å². The Hall–Kier alpha value is -3.12. The summed E-state index contributed by atoms with van der Waals surface area (Å²) in [6.07, 6.45) is 5.09. The number of benzene rings is 1. The highest BCUT2D eigenvalue weighted by atomic mass is 35.5. The van der Waals surface area contributed by atoms with E-state index in [1.165, 1.54) is 0 Å². The minimum absolute atomic E-state index is 0.0992. The van der Waals surface area contributed by atoms with E-state index < -0.39 is 6.04 Å². The van der Waals surface area contributed by atoms with Gasteiger partial charge in [-0.15, -0.1) is 6.58 Å². The SMILES string of the molecule is C=CCN1C(=O)N[C@@H](c2cccc(Cl)c2)C2=C1CN(Cc1cccnc1)C2=O. The van der Waals surface area contributed by atoms with E-state index in [2.05, 4.69) is 16.9 Å². The molecule has 7 heteroatoms. The number of rotatable bonds is 5. The molecule has 1 atom stereocenters. The van der Waals surface area contributed by atoms with Crippen LogP contribution in [-0.2, 0) is 11.3 Å². The van der Waals surface area contributed by atoms with Gasteiger partial charge in [-0.3, -0.25) is 14.7 Å². The van der Waals surface area contributed by atoms with Crippen molar-refractivity contribution in [2.45, 2.75) is 12.6 Å². The summed E-state index contributed by atoms with van der Waals surface area (Å²) < 4.78 is 0. The maximum absolute atomic E-state index is 13.3. The largest absolute Gasteiger partial charge is 0.329 e. The third kappa shape index (κ3) is 3.27. The Morgan fingerprint density at radius 3 is 2.86 bits per heavy atom. The van der Waals surface area contributed by atoms with Crippen molar-refractivity contribution >= 4 is 23.5 Å². The predicted molar refractivity (Wildman–Crippen MR) is 106 cm³/mol. The molecule has 3 amide bonds. The van der Waals surface area contributed by atoms with Crippen LogP contribution in [0.15, 0.2) is 72.7 Å². The van der Waals surface area contributed by atoms with E-state index in [1.54, 1.807) is 40.4 Å². The maximum Gasteiger partial charge on any atom is 0.322 e. The topological polar surface area (TPSA) is 65.5 Å². The lowest BCUT2D eigenvalue weighted by atomic mass is 9.95. The zero-order chi connectivity index (χ0) is 19.7. The summed E-state index contributed by atoms with van der Waals surface area (Å²) in [6, 6.07) is 10.2. The minimum atomic E-state index is -0.534. The smallest absolute Gasteiger partial charge is 0.322 e. The molecule has 28 heavy (non-hydrogen) atoms. The monoisotopic (exact) mass is 394 g/mol. The molecule has 3 heterocycles. The van der Waals surface area contributed by atoms with Gasteiger partial charge in [0.2, 0.25) is 0 Å². The van der Waals surface area contributed by atoms with Gasteiger partial charge < -0.3 is 10.2 Å². The molecule has 0 unspecified atom stereocenters. The van der Waals surface area contributed by atoms with Crippen molar-refractivity contribution in [1.82, 2.24) is 20.1 Å². The predicted octanol–water partition coefficient (Wildman–Crippen LogP) is 3.28. The van der Waals surface area contributed by atoms with Crippen LogP contribution in [0.1, 0.15) is 17.2 Å². The number of nitrogens with one attached hydrogen (secondary N) is 1. The van der Waals surface area contributed by atoms with E-state index in [0.717, 1.165) is 11.1 Å². The molecule has 1 aromatic heterocycles. The number of urea groups is 1. The number of hydrogen-bond donors (Lipinski definition) is 1. The van der Waals surface area contributed by atoms with Gasteiger partial charge in [-0.25, -0.2) is 4.79 Å². The second-order valence-corrected chi connectivity index (χ2v) is 7.16. The summed E-state index contributed by atoms with van der Waals surface area (Å²) in [5.74, 6) is -0.0992. The number of halogens is 1. The average molecular weight is 395 g/mol. The average Bonchev–Trinajstić information content (AvgIpc) is 3.01. The Labute approximate surface area is 168 Å². The number of aromatic nitrogens is 1. The molecule has 0 saturated heterocycles. The number of carbonyl (C=O) groups excluding carboxylic acids is 2. The van der Waals surface area contributed by atoms with Gasteiger partial charge in [-0.1, -0.05) is 35.9 Å². The molecule has 0 fully saturated rings. The van der Waals surface area contributed by atoms with Gasteiger partial charge in [-0.2, -0.15) is 0 Å². The molecule has 0 aliphatic carbocycles. The Kier molecular flexibility index (Phi) is 4.88. The molecule has 0 bridgehead atoms. The lowest BCUT2D eigenvalue weighted by Gasteiger charge is -2.33. The molecular weight excluding hydrogens is 376 g/mol. The zero-order valence-electron chi connectivity index (χ0n) is 15.1. The molecule has 1 aromatic carbocycles. The fraction of sp³-hybridized carbons (Fsp3) is 0.190. The number of nitrogens with zero attached hydrogens (tertiary/aromatic N) is 3.